The van der Waals surface area contributed by atoms with Gasteiger partial charge < -0.3 is 19.1 Å². The van der Waals surface area contributed by atoms with Gasteiger partial charge in [-0.25, -0.2) is 0 Å². The van der Waals surface area contributed by atoms with Crippen molar-refractivity contribution in [2.75, 3.05) is 20.3 Å². The second kappa shape index (κ2) is 3.58. The molecule has 3 saturated heterocycles. The first-order valence-electron chi connectivity index (χ1n) is 6.56. The number of nitrogens with zero attached hydrogens (tertiary/aromatic N) is 1. The highest BCUT2D eigenvalue weighted by atomic mass is 16.6. The molecule has 19 heavy (non-hydrogen) atoms. The summed E-state index contributed by atoms with van der Waals surface area (Å²) < 4.78 is 16.5. The fraction of sp³-hybridized carbons (Fsp3) is 0.692. The number of fused-ring (bicyclic) bond motifs is 2. The van der Waals surface area contributed by atoms with Crippen molar-refractivity contribution in [2.24, 2.45) is 11.8 Å². The average molecular weight is 265 g/mol. The fourth-order valence-electron chi connectivity index (χ4n) is 3.86. The molecule has 0 aromatic heterocycles. The van der Waals surface area contributed by atoms with E-state index in [1.807, 2.05) is 12.2 Å². The van der Waals surface area contributed by atoms with Gasteiger partial charge in [-0.3, -0.25) is 9.59 Å². The minimum atomic E-state index is -0.791. The van der Waals surface area contributed by atoms with Gasteiger partial charge in [0, 0.05) is 6.54 Å². The monoisotopic (exact) mass is 265 g/mol. The molecule has 0 aromatic carbocycles. The summed E-state index contributed by atoms with van der Waals surface area (Å²) in [5.74, 6) is -1.48. The zero-order chi connectivity index (χ0) is 13.2. The molecule has 2 bridgehead atoms. The van der Waals surface area contributed by atoms with Crippen molar-refractivity contribution in [3.63, 3.8) is 0 Å². The van der Waals surface area contributed by atoms with E-state index < -0.39 is 23.7 Å². The fourth-order valence-corrected chi connectivity index (χ4v) is 3.86. The first kappa shape index (κ1) is 11.4. The van der Waals surface area contributed by atoms with Crippen molar-refractivity contribution in [1.29, 1.82) is 0 Å². The minimum absolute atomic E-state index is 0.0491. The summed E-state index contributed by atoms with van der Waals surface area (Å²) in [6.07, 6.45) is 3.81. The number of amides is 1. The first-order valence-corrected chi connectivity index (χ1v) is 6.56. The molecule has 4 heterocycles. The number of ether oxygens (including phenoxy) is 3. The van der Waals surface area contributed by atoms with Crippen LogP contribution in [-0.4, -0.2) is 55.0 Å². The van der Waals surface area contributed by atoms with E-state index in [4.69, 9.17) is 14.2 Å². The van der Waals surface area contributed by atoms with Crippen molar-refractivity contribution in [3.8, 4) is 0 Å². The third-order valence-electron chi connectivity index (χ3n) is 4.60. The van der Waals surface area contributed by atoms with E-state index in [9.17, 15) is 9.59 Å². The topological polar surface area (TPSA) is 65.1 Å². The Balaban J connectivity index is 1.79. The third kappa shape index (κ3) is 1.19. The molecule has 5 atom stereocenters. The molecule has 1 spiro atoms. The molecule has 102 valence electrons. The van der Waals surface area contributed by atoms with Gasteiger partial charge >= 0.3 is 5.97 Å². The number of carbonyl (C=O) groups is 2. The van der Waals surface area contributed by atoms with E-state index >= 15 is 0 Å². The minimum Gasteiger partial charge on any atom is -0.469 e. The molecule has 3 fully saturated rings. The number of rotatable bonds is 1. The van der Waals surface area contributed by atoms with Gasteiger partial charge in [0.05, 0.1) is 25.7 Å². The Morgan fingerprint density at radius 3 is 3.21 bits per heavy atom. The number of hydrogen-bond acceptors (Lipinski definition) is 5. The summed E-state index contributed by atoms with van der Waals surface area (Å²) in [6, 6.07) is 0. The highest BCUT2D eigenvalue weighted by Crippen LogP contribution is 2.55. The maximum Gasteiger partial charge on any atom is 0.312 e. The highest BCUT2D eigenvalue weighted by Gasteiger charge is 2.72. The molecule has 0 unspecified atom stereocenters. The molecule has 0 aliphatic carbocycles. The van der Waals surface area contributed by atoms with Gasteiger partial charge in [-0.2, -0.15) is 0 Å². The molecule has 4 rings (SSSR count). The molecule has 4 aliphatic rings. The number of hydrogen-bond donors (Lipinski definition) is 0. The Bertz CT molecular complexity index is 489. The molecule has 6 heteroatoms. The van der Waals surface area contributed by atoms with Crippen LogP contribution in [0.5, 0.6) is 0 Å². The van der Waals surface area contributed by atoms with Crippen LogP contribution in [0.2, 0.25) is 0 Å². The smallest absolute Gasteiger partial charge is 0.312 e. The largest absolute Gasteiger partial charge is 0.469 e. The first-order chi connectivity index (χ1) is 9.19. The lowest BCUT2D eigenvalue weighted by Crippen LogP contribution is -2.49. The van der Waals surface area contributed by atoms with E-state index in [1.165, 1.54) is 7.11 Å². The van der Waals surface area contributed by atoms with Gasteiger partial charge in [-0.15, -0.1) is 0 Å². The van der Waals surface area contributed by atoms with Crippen molar-refractivity contribution >= 4 is 11.9 Å². The van der Waals surface area contributed by atoms with Crippen molar-refractivity contribution in [3.05, 3.63) is 12.2 Å². The number of carbonyl (C=O) groups excluding carboxylic acids is 2. The summed E-state index contributed by atoms with van der Waals surface area (Å²) in [4.78, 5) is 26.2. The van der Waals surface area contributed by atoms with E-state index in [0.717, 1.165) is 6.42 Å². The lowest BCUT2D eigenvalue weighted by atomic mass is 9.76. The molecule has 0 saturated carbocycles. The Morgan fingerprint density at radius 1 is 1.58 bits per heavy atom. The van der Waals surface area contributed by atoms with Crippen LogP contribution in [0.25, 0.3) is 0 Å². The summed E-state index contributed by atoms with van der Waals surface area (Å²) in [5.41, 5.74) is -0.791. The predicted octanol–water partition coefficient (Wildman–Crippen LogP) is -0.312. The van der Waals surface area contributed by atoms with Crippen LogP contribution in [-0.2, 0) is 23.8 Å². The van der Waals surface area contributed by atoms with Crippen molar-refractivity contribution in [1.82, 2.24) is 4.90 Å². The van der Waals surface area contributed by atoms with E-state index in [-0.39, 0.29) is 18.0 Å². The van der Waals surface area contributed by atoms with E-state index in [1.54, 1.807) is 4.90 Å². The zero-order valence-corrected chi connectivity index (χ0v) is 10.6. The van der Waals surface area contributed by atoms with Gasteiger partial charge in [0.25, 0.3) is 0 Å². The summed E-state index contributed by atoms with van der Waals surface area (Å²) in [5, 5.41) is 0. The Hall–Kier alpha value is -1.40. The molecule has 0 N–H and O–H groups in total. The van der Waals surface area contributed by atoms with Crippen LogP contribution >= 0.6 is 0 Å². The number of methoxy groups -OCH3 is 1. The van der Waals surface area contributed by atoms with Gasteiger partial charge in [0.2, 0.25) is 5.91 Å². The summed E-state index contributed by atoms with van der Waals surface area (Å²) in [7, 11) is 1.34. The maximum atomic E-state index is 12.6. The highest BCUT2D eigenvalue weighted by molar-refractivity contribution is 5.91. The third-order valence-corrected chi connectivity index (χ3v) is 4.60. The van der Waals surface area contributed by atoms with Gasteiger partial charge in [0.15, 0.2) is 6.23 Å². The normalized spacial score (nSPS) is 46.4. The maximum absolute atomic E-state index is 12.6. The SMILES string of the molecule is COC(=O)[C@H]1[C@H]2C(=O)N3CCCO[C@H]3[C@@]23C=C[C@H]1O3. The molecular weight excluding hydrogens is 250 g/mol. The lowest BCUT2D eigenvalue weighted by molar-refractivity contribution is -0.168. The zero-order valence-electron chi connectivity index (χ0n) is 10.6. The molecule has 6 nitrogen and oxygen atoms in total. The Labute approximate surface area is 110 Å². The molecule has 4 aliphatic heterocycles. The van der Waals surface area contributed by atoms with Crippen LogP contribution in [0, 0.1) is 11.8 Å². The molecule has 1 amide bonds. The molecular formula is C13H15NO5. The van der Waals surface area contributed by atoms with E-state index in [2.05, 4.69) is 0 Å². The van der Waals surface area contributed by atoms with Crippen LogP contribution in [0.4, 0.5) is 0 Å². The number of esters is 1. The summed E-state index contributed by atoms with van der Waals surface area (Å²) in [6.45, 7) is 1.28. The van der Waals surface area contributed by atoms with Crippen LogP contribution < -0.4 is 0 Å². The van der Waals surface area contributed by atoms with Crippen LogP contribution in [0.1, 0.15) is 6.42 Å². The molecule has 0 radical (unpaired) electrons. The van der Waals surface area contributed by atoms with Gasteiger partial charge in [-0.1, -0.05) is 6.08 Å². The van der Waals surface area contributed by atoms with E-state index in [0.29, 0.717) is 13.2 Å². The summed E-state index contributed by atoms with van der Waals surface area (Å²) >= 11 is 0. The Kier molecular flexibility index (Phi) is 2.15. The molecule has 0 aromatic rings. The van der Waals surface area contributed by atoms with Crippen molar-refractivity contribution < 1.29 is 23.8 Å². The second-order valence-electron chi connectivity index (χ2n) is 5.43. The average Bonchev–Trinajstić information content (AvgIpc) is 3.08. The van der Waals surface area contributed by atoms with Gasteiger partial charge in [0.1, 0.15) is 11.5 Å². The van der Waals surface area contributed by atoms with Gasteiger partial charge in [-0.05, 0) is 12.5 Å². The Morgan fingerprint density at radius 2 is 2.42 bits per heavy atom. The predicted molar refractivity (Wildman–Crippen MR) is 61.8 cm³/mol. The van der Waals surface area contributed by atoms with Crippen LogP contribution in [0.3, 0.4) is 0 Å². The quantitative estimate of drug-likeness (QED) is 0.480. The van der Waals surface area contributed by atoms with Crippen LogP contribution in [0.15, 0.2) is 12.2 Å². The van der Waals surface area contributed by atoms with Crippen molar-refractivity contribution in [2.45, 2.75) is 24.4 Å². The second-order valence-corrected chi connectivity index (χ2v) is 5.43. The lowest BCUT2D eigenvalue weighted by Gasteiger charge is -2.36. The standard InChI is InChI=1S/C13H15NO5/c1-17-11(16)8-7-3-4-13(19-7)9(8)10(15)14-5-2-6-18-12(13)14/h3-4,7-9,12H,2,5-6H2,1H3/t7-,8-,9+,12+,13-/m1/s1.